The average molecular weight is 284 g/mol. The number of aromatic nitrogens is 3. The number of hydrogen-bond acceptors (Lipinski definition) is 4. The van der Waals surface area contributed by atoms with Gasteiger partial charge < -0.3 is 10.0 Å². The smallest absolute Gasteiger partial charge is 0.129 e. The minimum atomic E-state index is -0.136. The molecular formula is C16H20N4O. The zero-order valence-corrected chi connectivity index (χ0v) is 12.1. The minimum Gasteiger partial charge on any atom is -0.394 e. The van der Waals surface area contributed by atoms with E-state index in [0.29, 0.717) is 0 Å². The van der Waals surface area contributed by atoms with Gasteiger partial charge in [0.15, 0.2) is 0 Å². The summed E-state index contributed by atoms with van der Waals surface area (Å²) in [5, 5.41) is 13.9. The van der Waals surface area contributed by atoms with Crippen LogP contribution in [0.4, 0.5) is 5.82 Å². The van der Waals surface area contributed by atoms with Gasteiger partial charge in [0, 0.05) is 31.0 Å². The van der Waals surface area contributed by atoms with Crippen LogP contribution in [0.3, 0.4) is 0 Å². The predicted molar refractivity (Wildman–Crippen MR) is 81.2 cm³/mol. The minimum absolute atomic E-state index is 0.136. The van der Waals surface area contributed by atoms with Gasteiger partial charge in [-0.1, -0.05) is 0 Å². The Morgan fingerprint density at radius 1 is 1.19 bits per heavy atom. The highest BCUT2D eigenvalue weighted by Gasteiger charge is 2.44. The zero-order valence-electron chi connectivity index (χ0n) is 12.1. The van der Waals surface area contributed by atoms with Crippen molar-refractivity contribution < 1.29 is 5.11 Å². The molecule has 1 N–H and O–H groups in total. The number of aliphatic hydroxyl groups excluding tert-OH is 1. The van der Waals surface area contributed by atoms with Crippen molar-refractivity contribution in [2.75, 3.05) is 24.6 Å². The van der Waals surface area contributed by atoms with Crippen LogP contribution in [0.2, 0.25) is 0 Å². The number of nitrogens with zero attached hydrogens (tertiary/aromatic N) is 4. The Morgan fingerprint density at radius 2 is 2.00 bits per heavy atom. The molecule has 0 bridgehead atoms. The second kappa shape index (κ2) is 4.84. The first-order chi connectivity index (χ1) is 10.3. The molecule has 0 amide bonds. The van der Waals surface area contributed by atoms with Gasteiger partial charge in [-0.15, -0.1) is 0 Å². The summed E-state index contributed by atoms with van der Waals surface area (Å²) in [4.78, 5) is 6.83. The van der Waals surface area contributed by atoms with E-state index in [1.54, 1.807) is 0 Å². The van der Waals surface area contributed by atoms with Crippen LogP contribution in [0.5, 0.6) is 0 Å². The van der Waals surface area contributed by atoms with Crippen LogP contribution in [-0.4, -0.2) is 39.6 Å². The average Bonchev–Trinajstić information content (AvgIpc) is 2.97. The molecule has 5 heteroatoms. The molecule has 3 heterocycles. The highest BCUT2D eigenvalue weighted by molar-refractivity contribution is 5.65. The standard InChI is InChI=1S/C16H20N4O/c21-12-16(4-5-16)20-11-14(10-18-20)13-3-6-17-15(9-13)19-7-1-2-8-19/h3,6,9-11,21H,1-2,4-5,7-8,12H2. The first kappa shape index (κ1) is 12.8. The van der Waals surface area contributed by atoms with Gasteiger partial charge in [-0.3, -0.25) is 4.68 Å². The molecule has 110 valence electrons. The lowest BCUT2D eigenvalue weighted by molar-refractivity contribution is 0.202. The quantitative estimate of drug-likeness (QED) is 0.933. The van der Waals surface area contributed by atoms with Crippen molar-refractivity contribution in [2.45, 2.75) is 31.2 Å². The number of aliphatic hydroxyl groups is 1. The van der Waals surface area contributed by atoms with Gasteiger partial charge in [0.2, 0.25) is 0 Å². The largest absolute Gasteiger partial charge is 0.394 e. The lowest BCUT2D eigenvalue weighted by Crippen LogP contribution is -2.21. The maximum absolute atomic E-state index is 9.50. The van der Waals surface area contributed by atoms with Crippen molar-refractivity contribution in [3.8, 4) is 11.1 Å². The molecule has 21 heavy (non-hydrogen) atoms. The Kier molecular flexibility index (Phi) is 2.96. The lowest BCUT2D eigenvalue weighted by Gasteiger charge is -2.16. The van der Waals surface area contributed by atoms with Crippen molar-refractivity contribution in [1.82, 2.24) is 14.8 Å². The molecule has 1 saturated heterocycles. The normalized spacial score (nSPS) is 20.0. The van der Waals surface area contributed by atoms with Crippen LogP contribution < -0.4 is 4.90 Å². The van der Waals surface area contributed by atoms with Crippen LogP contribution in [0.25, 0.3) is 11.1 Å². The molecule has 0 aromatic carbocycles. The third kappa shape index (κ3) is 2.21. The molecule has 1 aliphatic heterocycles. The molecule has 1 saturated carbocycles. The van der Waals surface area contributed by atoms with E-state index in [4.69, 9.17) is 0 Å². The molecular weight excluding hydrogens is 264 g/mol. The van der Waals surface area contributed by atoms with Gasteiger partial charge in [-0.2, -0.15) is 5.10 Å². The van der Waals surface area contributed by atoms with Crippen LogP contribution in [0.15, 0.2) is 30.7 Å². The summed E-state index contributed by atoms with van der Waals surface area (Å²) in [6.07, 6.45) is 10.3. The van der Waals surface area contributed by atoms with E-state index in [2.05, 4.69) is 21.0 Å². The van der Waals surface area contributed by atoms with Crippen LogP contribution >= 0.6 is 0 Å². The van der Waals surface area contributed by atoms with E-state index in [9.17, 15) is 5.11 Å². The van der Waals surface area contributed by atoms with Crippen molar-refractivity contribution in [1.29, 1.82) is 0 Å². The molecule has 2 fully saturated rings. The van der Waals surface area contributed by atoms with Gasteiger partial charge in [-0.25, -0.2) is 4.98 Å². The number of rotatable bonds is 4. The number of pyridine rings is 1. The fraction of sp³-hybridized carbons (Fsp3) is 0.500. The van der Waals surface area contributed by atoms with Crippen molar-refractivity contribution in [3.63, 3.8) is 0 Å². The number of anilines is 1. The summed E-state index contributed by atoms with van der Waals surface area (Å²) >= 11 is 0. The number of hydrogen-bond donors (Lipinski definition) is 1. The Morgan fingerprint density at radius 3 is 2.71 bits per heavy atom. The van der Waals surface area contributed by atoms with Crippen LogP contribution in [0.1, 0.15) is 25.7 Å². The Balaban J connectivity index is 1.63. The van der Waals surface area contributed by atoms with E-state index in [0.717, 1.165) is 42.9 Å². The van der Waals surface area contributed by atoms with Crippen LogP contribution in [-0.2, 0) is 5.54 Å². The molecule has 4 rings (SSSR count). The summed E-state index contributed by atoms with van der Waals surface area (Å²) in [6, 6.07) is 4.17. The Bertz CT molecular complexity index is 641. The first-order valence-corrected chi connectivity index (χ1v) is 7.68. The molecule has 2 aromatic rings. The van der Waals surface area contributed by atoms with Crippen molar-refractivity contribution >= 4 is 5.82 Å². The molecule has 2 aromatic heterocycles. The van der Waals surface area contributed by atoms with Gasteiger partial charge in [0.05, 0.1) is 18.3 Å². The summed E-state index contributed by atoms with van der Waals surface area (Å²) in [7, 11) is 0. The lowest BCUT2D eigenvalue weighted by atomic mass is 10.1. The van der Waals surface area contributed by atoms with E-state index >= 15 is 0 Å². The second-order valence-corrected chi connectivity index (χ2v) is 6.15. The van der Waals surface area contributed by atoms with E-state index in [-0.39, 0.29) is 12.1 Å². The molecule has 0 spiro atoms. The van der Waals surface area contributed by atoms with Gasteiger partial charge in [-0.05, 0) is 43.4 Å². The highest BCUT2D eigenvalue weighted by atomic mass is 16.3. The second-order valence-electron chi connectivity index (χ2n) is 6.15. The highest BCUT2D eigenvalue weighted by Crippen LogP contribution is 2.43. The molecule has 2 aliphatic rings. The first-order valence-electron chi connectivity index (χ1n) is 7.68. The topological polar surface area (TPSA) is 54.2 Å². The third-order valence-electron chi connectivity index (χ3n) is 4.70. The van der Waals surface area contributed by atoms with Crippen molar-refractivity contribution in [3.05, 3.63) is 30.7 Å². The van der Waals surface area contributed by atoms with E-state index in [1.807, 2.05) is 29.3 Å². The molecule has 0 atom stereocenters. The summed E-state index contributed by atoms with van der Waals surface area (Å²) < 4.78 is 1.93. The van der Waals surface area contributed by atoms with Gasteiger partial charge >= 0.3 is 0 Å². The maximum atomic E-state index is 9.50. The summed E-state index contributed by atoms with van der Waals surface area (Å²) in [6.45, 7) is 2.37. The molecule has 5 nitrogen and oxygen atoms in total. The maximum Gasteiger partial charge on any atom is 0.129 e. The summed E-state index contributed by atoms with van der Waals surface area (Å²) in [5.41, 5.74) is 2.10. The molecule has 0 unspecified atom stereocenters. The fourth-order valence-electron chi connectivity index (χ4n) is 3.05. The van der Waals surface area contributed by atoms with Crippen molar-refractivity contribution in [2.24, 2.45) is 0 Å². The fourth-order valence-corrected chi connectivity index (χ4v) is 3.05. The predicted octanol–water partition coefficient (Wildman–Crippen LogP) is 2.03. The Labute approximate surface area is 124 Å². The Hall–Kier alpha value is -1.88. The van der Waals surface area contributed by atoms with Crippen LogP contribution in [0, 0.1) is 0 Å². The zero-order chi connectivity index (χ0) is 14.3. The SMILES string of the molecule is OCC1(n2cc(-c3ccnc(N4CCCC4)c3)cn2)CC1. The summed E-state index contributed by atoms with van der Waals surface area (Å²) in [5.74, 6) is 1.06. The van der Waals surface area contributed by atoms with Gasteiger partial charge in [0.25, 0.3) is 0 Å². The third-order valence-corrected chi connectivity index (χ3v) is 4.70. The monoisotopic (exact) mass is 284 g/mol. The van der Waals surface area contributed by atoms with E-state index in [1.165, 1.54) is 12.8 Å². The molecule has 0 radical (unpaired) electrons. The van der Waals surface area contributed by atoms with E-state index < -0.39 is 0 Å². The van der Waals surface area contributed by atoms with Gasteiger partial charge in [0.1, 0.15) is 5.82 Å². The molecule has 1 aliphatic carbocycles.